The van der Waals surface area contributed by atoms with Crippen molar-refractivity contribution in [3.63, 3.8) is 0 Å². The van der Waals surface area contributed by atoms with Gasteiger partial charge < -0.3 is 9.47 Å². The van der Waals surface area contributed by atoms with Gasteiger partial charge in [-0.15, -0.1) is 0 Å². The summed E-state index contributed by atoms with van der Waals surface area (Å²) in [6, 6.07) is 13.2. The molecule has 1 aliphatic rings. The number of imide groups is 1. The maximum Gasteiger partial charge on any atom is 0.307 e. The second-order valence-electron chi connectivity index (χ2n) is 7.44. The van der Waals surface area contributed by atoms with Crippen LogP contribution >= 0.6 is 11.3 Å². The normalized spacial score (nSPS) is 13.7. The molecule has 0 spiro atoms. The molecule has 150 valence electrons. The maximum absolute atomic E-state index is 12.4. The minimum atomic E-state index is -0.200. The van der Waals surface area contributed by atoms with Crippen LogP contribution in [0.4, 0.5) is 0 Å². The van der Waals surface area contributed by atoms with E-state index >= 15 is 0 Å². The zero-order valence-electron chi connectivity index (χ0n) is 16.6. The van der Waals surface area contributed by atoms with Crippen LogP contribution in [0.25, 0.3) is 10.2 Å². The van der Waals surface area contributed by atoms with E-state index < -0.39 is 0 Å². The average Bonchev–Trinajstić information content (AvgIpc) is 3.13. The molecule has 29 heavy (non-hydrogen) atoms. The molecule has 0 atom stereocenters. The van der Waals surface area contributed by atoms with E-state index in [2.05, 4.69) is 17.0 Å². The molecule has 1 aromatic heterocycles. The molecule has 0 bridgehead atoms. The minimum Gasteiger partial charge on any atom is -0.305 e. The third kappa shape index (κ3) is 3.75. The summed E-state index contributed by atoms with van der Waals surface area (Å²) in [6.07, 6.45) is 1.88. The lowest BCUT2D eigenvalue weighted by atomic mass is 10.1. The van der Waals surface area contributed by atoms with E-state index in [9.17, 15) is 14.4 Å². The molecule has 0 aliphatic carbocycles. The number of nitrogens with zero attached hydrogens (tertiary/aromatic N) is 3. The van der Waals surface area contributed by atoms with Crippen molar-refractivity contribution < 1.29 is 9.59 Å². The van der Waals surface area contributed by atoms with E-state index in [-0.39, 0.29) is 16.7 Å². The molecule has 2 heterocycles. The summed E-state index contributed by atoms with van der Waals surface area (Å²) in [5.74, 6) is -0.400. The Labute approximate surface area is 173 Å². The van der Waals surface area contributed by atoms with Crippen LogP contribution < -0.4 is 4.87 Å². The number of rotatable bonds is 7. The SMILES string of the molecule is CN(CCCc1ccc2c(c1)sc(=O)n2C)CCN1C(=O)c2ccccc2C1=O. The monoisotopic (exact) mass is 409 g/mol. The zero-order chi connectivity index (χ0) is 20.5. The quantitative estimate of drug-likeness (QED) is 0.563. The largest absolute Gasteiger partial charge is 0.307 e. The van der Waals surface area contributed by atoms with Gasteiger partial charge in [0.1, 0.15) is 0 Å². The fourth-order valence-corrected chi connectivity index (χ4v) is 4.65. The molecule has 0 fully saturated rings. The minimum absolute atomic E-state index is 0.0602. The van der Waals surface area contributed by atoms with Gasteiger partial charge in [0.15, 0.2) is 0 Å². The Morgan fingerprint density at radius 3 is 2.34 bits per heavy atom. The van der Waals surface area contributed by atoms with Crippen LogP contribution in [0, 0.1) is 0 Å². The Hall–Kier alpha value is -2.77. The van der Waals surface area contributed by atoms with E-state index in [0.29, 0.717) is 24.2 Å². The van der Waals surface area contributed by atoms with Gasteiger partial charge in [-0.05, 0) is 56.3 Å². The molecule has 0 saturated carbocycles. The van der Waals surface area contributed by atoms with Gasteiger partial charge in [-0.2, -0.15) is 0 Å². The lowest BCUT2D eigenvalue weighted by Crippen LogP contribution is -2.37. The van der Waals surface area contributed by atoms with E-state index in [4.69, 9.17) is 0 Å². The molecule has 2 amide bonds. The second-order valence-corrected chi connectivity index (χ2v) is 8.44. The van der Waals surface area contributed by atoms with Crippen molar-refractivity contribution in [3.05, 3.63) is 68.8 Å². The summed E-state index contributed by atoms with van der Waals surface area (Å²) in [5, 5.41) is 0. The lowest BCUT2D eigenvalue weighted by Gasteiger charge is -2.20. The third-order valence-corrected chi connectivity index (χ3v) is 6.44. The van der Waals surface area contributed by atoms with Crippen LogP contribution in [0.15, 0.2) is 47.3 Å². The predicted molar refractivity (Wildman–Crippen MR) is 115 cm³/mol. The molecule has 2 aromatic carbocycles. The molecular weight excluding hydrogens is 386 g/mol. The van der Waals surface area contributed by atoms with Gasteiger partial charge in [-0.1, -0.05) is 29.5 Å². The predicted octanol–water partition coefficient (Wildman–Crippen LogP) is 2.76. The highest BCUT2D eigenvalue weighted by molar-refractivity contribution is 7.16. The second kappa shape index (κ2) is 7.93. The maximum atomic E-state index is 12.4. The van der Waals surface area contributed by atoms with Gasteiger partial charge in [0.25, 0.3) is 11.8 Å². The highest BCUT2D eigenvalue weighted by Gasteiger charge is 2.34. The number of hydrogen-bond acceptors (Lipinski definition) is 5. The van der Waals surface area contributed by atoms with Crippen LogP contribution in [0.5, 0.6) is 0 Å². The van der Waals surface area contributed by atoms with E-state index in [1.807, 2.05) is 13.1 Å². The summed E-state index contributed by atoms with van der Waals surface area (Å²) in [5.41, 5.74) is 3.19. The van der Waals surface area contributed by atoms with Gasteiger partial charge in [0.2, 0.25) is 0 Å². The number of amides is 2. The molecule has 3 aromatic rings. The van der Waals surface area contributed by atoms with Crippen molar-refractivity contribution in [1.82, 2.24) is 14.4 Å². The highest BCUT2D eigenvalue weighted by Crippen LogP contribution is 2.22. The summed E-state index contributed by atoms with van der Waals surface area (Å²) in [6.45, 7) is 1.91. The molecular formula is C22H23N3O3S. The smallest absolute Gasteiger partial charge is 0.305 e. The Bertz CT molecular complexity index is 1110. The van der Waals surface area contributed by atoms with Crippen LogP contribution in [0.2, 0.25) is 0 Å². The number of thiazole rings is 1. The fraction of sp³-hybridized carbons (Fsp3) is 0.318. The van der Waals surface area contributed by atoms with Crippen LogP contribution in [-0.2, 0) is 13.5 Å². The summed E-state index contributed by atoms with van der Waals surface area (Å²) in [4.78, 5) is 40.1. The number of benzene rings is 2. The Morgan fingerprint density at radius 1 is 0.966 bits per heavy atom. The first kappa shape index (κ1) is 19.5. The van der Waals surface area contributed by atoms with E-state index in [1.165, 1.54) is 21.8 Å². The average molecular weight is 410 g/mol. The van der Waals surface area contributed by atoms with Crippen LogP contribution in [-0.4, -0.2) is 52.9 Å². The Kier molecular flexibility index (Phi) is 5.34. The first-order valence-corrected chi connectivity index (χ1v) is 10.5. The first-order valence-electron chi connectivity index (χ1n) is 9.68. The van der Waals surface area contributed by atoms with Crippen molar-refractivity contribution in [1.29, 1.82) is 0 Å². The van der Waals surface area contributed by atoms with Crippen molar-refractivity contribution >= 4 is 33.4 Å². The summed E-state index contributed by atoms with van der Waals surface area (Å²) >= 11 is 1.28. The third-order valence-electron chi connectivity index (χ3n) is 5.45. The number of likely N-dealkylation sites (N-methyl/N-ethyl adjacent to an activating group) is 1. The number of carbonyl (C=O) groups excluding carboxylic acids is 2. The standard InChI is InChI=1S/C22H23N3O3S/c1-23(12-13-25-20(26)16-7-3-4-8-17(16)21(25)27)11-5-6-15-9-10-18-19(14-15)29-22(28)24(18)2/h3-4,7-10,14H,5-6,11-13H2,1-2H3. The Balaban J connectivity index is 1.28. The number of aryl methyl sites for hydroxylation is 2. The number of carbonyl (C=O) groups is 2. The fourth-order valence-electron chi connectivity index (χ4n) is 3.71. The summed E-state index contributed by atoms with van der Waals surface area (Å²) in [7, 11) is 3.80. The molecule has 0 saturated heterocycles. The lowest BCUT2D eigenvalue weighted by molar-refractivity contribution is 0.0641. The first-order chi connectivity index (χ1) is 14.0. The Morgan fingerprint density at radius 2 is 1.66 bits per heavy atom. The molecule has 0 unspecified atom stereocenters. The zero-order valence-corrected chi connectivity index (χ0v) is 17.4. The van der Waals surface area contributed by atoms with Gasteiger partial charge >= 0.3 is 4.87 Å². The number of aromatic nitrogens is 1. The van der Waals surface area contributed by atoms with Gasteiger partial charge in [0.05, 0.1) is 21.3 Å². The topological polar surface area (TPSA) is 62.6 Å². The molecule has 0 radical (unpaired) electrons. The molecule has 0 N–H and O–H groups in total. The molecule has 7 heteroatoms. The summed E-state index contributed by atoms with van der Waals surface area (Å²) < 4.78 is 2.70. The van der Waals surface area contributed by atoms with Gasteiger partial charge in [-0.3, -0.25) is 19.3 Å². The van der Waals surface area contributed by atoms with Crippen molar-refractivity contribution in [2.24, 2.45) is 7.05 Å². The van der Waals surface area contributed by atoms with Crippen molar-refractivity contribution in [2.45, 2.75) is 12.8 Å². The van der Waals surface area contributed by atoms with E-state index in [0.717, 1.165) is 29.6 Å². The van der Waals surface area contributed by atoms with Crippen molar-refractivity contribution in [2.75, 3.05) is 26.7 Å². The van der Waals surface area contributed by atoms with Crippen LogP contribution in [0.1, 0.15) is 32.7 Å². The molecule has 4 rings (SSSR count). The van der Waals surface area contributed by atoms with Crippen molar-refractivity contribution in [3.8, 4) is 0 Å². The number of fused-ring (bicyclic) bond motifs is 2. The van der Waals surface area contributed by atoms with Crippen LogP contribution in [0.3, 0.4) is 0 Å². The van der Waals surface area contributed by atoms with E-state index in [1.54, 1.807) is 35.9 Å². The van der Waals surface area contributed by atoms with Gasteiger partial charge in [-0.25, -0.2) is 0 Å². The number of hydrogen-bond donors (Lipinski definition) is 0. The van der Waals surface area contributed by atoms with Gasteiger partial charge in [0, 0.05) is 20.1 Å². The molecule has 1 aliphatic heterocycles. The molecule has 6 nitrogen and oxygen atoms in total. The highest BCUT2D eigenvalue weighted by atomic mass is 32.1.